The lowest BCUT2D eigenvalue weighted by Gasteiger charge is -2.13. The van der Waals surface area contributed by atoms with Crippen LogP contribution in [0.25, 0.3) is 105 Å². The van der Waals surface area contributed by atoms with Gasteiger partial charge in [0.25, 0.3) is 0 Å². The van der Waals surface area contributed by atoms with Crippen molar-refractivity contribution in [1.82, 2.24) is 28.5 Å². The Balaban J connectivity index is 1.26. The number of aromatic nitrogens is 6. The van der Waals surface area contributed by atoms with Gasteiger partial charge in [0.1, 0.15) is 0 Å². The molecule has 12 rings (SSSR count). The molecule has 0 aliphatic carbocycles. The van der Waals surface area contributed by atoms with E-state index in [1.165, 1.54) is 32.7 Å². The number of hydrogen-bond acceptors (Lipinski definition) is 3. The van der Waals surface area contributed by atoms with E-state index in [0.717, 1.165) is 54.6 Å². The third-order valence-electron chi connectivity index (χ3n) is 10.7. The van der Waals surface area contributed by atoms with Gasteiger partial charge in [0, 0.05) is 48.7 Å². The minimum absolute atomic E-state index is 0.577. The molecule has 0 N–H and O–H groups in total. The van der Waals surface area contributed by atoms with Crippen LogP contribution in [0.1, 0.15) is 0 Å². The van der Waals surface area contributed by atoms with Crippen LogP contribution in [0.15, 0.2) is 158 Å². The lowest BCUT2D eigenvalue weighted by atomic mass is 10.0. The van der Waals surface area contributed by atoms with E-state index < -0.39 is 0 Å². The number of benzene rings is 7. The molecular weight excluding hydrogens is 625 g/mol. The molecule has 0 fully saturated rings. The summed E-state index contributed by atoms with van der Waals surface area (Å²) in [4.78, 5) is 16.2. The fourth-order valence-corrected chi connectivity index (χ4v) is 8.60. The molecule has 0 radical (unpaired) electrons. The summed E-state index contributed by atoms with van der Waals surface area (Å²) < 4.78 is 6.79. The molecule has 0 amide bonds. The van der Waals surface area contributed by atoms with Gasteiger partial charge in [-0.2, -0.15) is 15.0 Å². The second kappa shape index (κ2) is 9.77. The van der Waals surface area contributed by atoms with Gasteiger partial charge in [-0.15, -0.1) is 0 Å². The highest BCUT2D eigenvalue weighted by atomic mass is 15.3. The molecule has 0 saturated heterocycles. The molecule has 6 nitrogen and oxygen atoms in total. The van der Waals surface area contributed by atoms with Crippen LogP contribution in [0.3, 0.4) is 0 Å². The molecule has 0 saturated carbocycles. The molecule has 0 spiro atoms. The number of para-hydroxylation sites is 6. The van der Waals surface area contributed by atoms with Crippen LogP contribution in [-0.4, -0.2) is 28.5 Å². The maximum absolute atomic E-state index is 5.40. The first-order valence-electron chi connectivity index (χ1n) is 17.2. The van der Waals surface area contributed by atoms with Crippen LogP contribution < -0.4 is 0 Å². The first-order chi connectivity index (χ1) is 25.3. The second-order valence-corrected chi connectivity index (χ2v) is 13.3. The van der Waals surface area contributed by atoms with E-state index >= 15 is 0 Å². The van der Waals surface area contributed by atoms with Crippen LogP contribution in [0.4, 0.5) is 0 Å². The Hall–Kier alpha value is -7.05. The van der Waals surface area contributed by atoms with Crippen molar-refractivity contribution in [3.8, 4) is 23.3 Å². The van der Waals surface area contributed by atoms with Gasteiger partial charge in [-0.1, -0.05) is 115 Å². The first-order valence-corrected chi connectivity index (χ1v) is 17.2. The third-order valence-corrected chi connectivity index (χ3v) is 10.7. The minimum Gasteiger partial charge on any atom is -0.308 e. The van der Waals surface area contributed by atoms with E-state index in [1.54, 1.807) is 0 Å². The predicted molar refractivity (Wildman–Crippen MR) is 209 cm³/mol. The Labute approximate surface area is 290 Å². The summed E-state index contributed by atoms with van der Waals surface area (Å²) in [5.74, 6) is 1.78. The first kappa shape index (κ1) is 26.9. The fraction of sp³-hybridized carbons (Fsp3) is 0. The SMILES string of the molecule is c1ccc2c(c1)c1ccccc1n2-c1nc(-c2ccc3c4ccccc4n4c5ccccc5c2c34)nc(-n2c3ccccc3c3ccccc32)n1. The van der Waals surface area contributed by atoms with E-state index in [0.29, 0.717) is 17.7 Å². The van der Waals surface area contributed by atoms with Crippen molar-refractivity contribution in [1.29, 1.82) is 0 Å². The van der Waals surface area contributed by atoms with Gasteiger partial charge in [-0.25, -0.2) is 0 Å². The lowest BCUT2D eigenvalue weighted by Crippen LogP contribution is -2.10. The molecule has 51 heavy (non-hydrogen) atoms. The van der Waals surface area contributed by atoms with Gasteiger partial charge in [0.15, 0.2) is 5.82 Å². The van der Waals surface area contributed by atoms with Crippen molar-refractivity contribution in [3.05, 3.63) is 158 Å². The maximum Gasteiger partial charge on any atom is 0.240 e. The van der Waals surface area contributed by atoms with Crippen molar-refractivity contribution in [3.63, 3.8) is 0 Å². The number of fused-ring (bicyclic) bond motifs is 12. The molecular formula is C45H26N6. The van der Waals surface area contributed by atoms with Crippen molar-refractivity contribution in [2.75, 3.05) is 0 Å². The summed E-state index contributed by atoms with van der Waals surface area (Å²) in [6.45, 7) is 0. The Morgan fingerprint density at radius 2 is 0.686 bits per heavy atom. The van der Waals surface area contributed by atoms with Gasteiger partial charge >= 0.3 is 0 Å². The summed E-state index contributed by atoms with van der Waals surface area (Å²) >= 11 is 0. The zero-order valence-corrected chi connectivity index (χ0v) is 27.2. The lowest BCUT2D eigenvalue weighted by molar-refractivity contribution is 0.893. The molecule has 12 aromatic rings. The standard InChI is InChI=1S/C45H26N6/c1-8-20-36-27(13-1)28-14-2-9-21-37(28)50(36)44-46-43(47-45(48-44)51-38-22-10-3-15-29(38)30-16-4-11-23-39(30)51)34-26-25-32-31-17-5-7-19-35(31)49-40-24-12-6-18-33(40)41(34)42(32)49/h1-26H. The summed E-state index contributed by atoms with van der Waals surface area (Å²) in [6.07, 6.45) is 0. The molecule has 0 unspecified atom stereocenters. The Kier molecular flexibility index (Phi) is 5.14. The predicted octanol–water partition coefficient (Wildman–Crippen LogP) is 10.9. The van der Waals surface area contributed by atoms with Crippen LogP contribution in [0.2, 0.25) is 0 Å². The van der Waals surface area contributed by atoms with Gasteiger partial charge in [0.2, 0.25) is 11.9 Å². The summed E-state index contributed by atoms with van der Waals surface area (Å²) in [5, 5.41) is 9.42. The number of rotatable bonds is 3. The Morgan fingerprint density at radius 1 is 0.314 bits per heavy atom. The van der Waals surface area contributed by atoms with Crippen molar-refractivity contribution < 1.29 is 0 Å². The normalized spacial score (nSPS) is 12.3. The summed E-state index contributed by atoms with van der Waals surface area (Å²) in [7, 11) is 0. The van der Waals surface area contributed by atoms with Gasteiger partial charge in [-0.3, -0.25) is 9.13 Å². The monoisotopic (exact) mass is 650 g/mol. The molecule has 7 aromatic carbocycles. The highest BCUT2D eigenvalue weighted by Crippen LogP contribution is 2.43. The van der Waals surface area contributed by atoms with Gasteiger partial charge < -0.3 is 4.40 Å². The molecule has 5 aromatic heterocycles. The van der Waals surface area contributed by atoms with Crippen LogP contribution in [0.5, 0.6) is 0 Å². The molecule has 5 heterocycles. The molecule has 0 aliphatic rings. The van der Waals surface area contributed by atoms with E-state index in [1.807, 2.05) is 0 Å². The van der Waals surface area contributed by atoms with Crippen LogP contribution in [0, 0.1) is 0 Å². The zero-order chi connectivity index (χ0) is 33.2. The molecule has 0 bridgehead atoms. The van der Waals surface area contributed by atoms with Crippen molar-refractivity contribution in [2.45, 2.75) is 0 Å². The summed E-state index contributed by atoms with van der Waals surface area (Å²) in [6, 6.07) is 55.8. The minimum atomic E-state index is 0.577. The average molecular weight is 651 g/mol. The highest BCUT2D eigenvalue weighted by molar-refractivity contribution is 6.26. The molecule has 236 valence electrons. The van der Waals surface area contributed by atoms with Crippen LogP contribution in [-0.2, 0) is 0 Å². The Bertz CT molecular complexity index is 3140. The number of nitrogens with zero attached hydrogens (tertiary/aromatic N) is 6. The van der Waals surface area contributed by atoms with Crippen molar-refractivity contribution >= 4 is 81.7 Å². The molecule has 0 aliphatic heterocycles. The highest BCUT2D eigenvalue weighted by Gasteiger charge is 2.24. The molecule has 6 heteroatoms. The van der Waals surface area contributed by atoms with Crippen molar-refractivity contribution in [2.24, 2.45) is 0 Å². The fourth-order valence-electron chi connectivity index (χ4n) is 8.60. The maximum atomic E-state index is 5.40. The quantitative estimate of drug-likeness (QED) is 0.191. The molecule has 0 atom stereocenters. The van der Waals surface area contributed by atoms with Gasteiger partial charge in [0.05, 0.1) is 38.6 Å². The second-order valence-electron chi connectivity index (χ2n) is 13.3. The van der Waals surface area contributed by atoms with E-state index in [-0.39, 0.29) is 0 Å². The van der Waals surface area contributed by atoms with Gasteiger partial charge in [-0.05, 0) is 42.5 Å². The van der Waals surface area contributed by atoms with E-state index in [9.17, 15) is 0 Å². The average Bonchev–Trinajstić information content (AvgIpc) is 3.92. The third kappa shape index (κ3) is 3.48. The Morgan fingerprint density at radius 3 is 1.16 bits per heavy atom. The van der Waals surface area contributed by atoms with Crippen LogP contribution >= 0.6 is 0 Å². The van der Waals surface area contributed by atoms with E-state index in [4.69, 9.17) is 15.0 Å². The summed E-state index contributed by atoms with van der Waals surface area (Å²) in [5.41, 5.74) is 8.73. The topological polar surface area (TPSA) is 52.9 Å². The smallest absolute Gasteiger partial charge is 0.240 e. The number of hydrogen-bond donors (Lipinski definition) is 0. The largest absolute Gasteiger partial charge is 0.308 e. The zero-order valence-electron chi connectivity index (χ0n) is 27.2. The van der Waals surface area contributed by atoms with E-state index in [2.05, 4.69) is 171 Å².